The van der Waals surface area contributed by atoms with E-state index in [0.29, 0.717) is 0 Å². The van der Waals surface area contributed by atoms with E-state index in [1.54, 1.807) is 0 Å². The molecule has 16 aromatic rings. The quantitative estimate of drug-likeness (QED) is 0.129. The van der Waals surface area contributed by atoms with Crippen LogP contribution in [0.25, 0.3) is 114 Å². The first-order chi connectivity index (χ1) is 41.1. The average molecular weight is 1080 g/mol. The molecule has 0 aliphatic carbocycles. The molecule has 4 nitrogen and oxygen atoms in total. The van der Waals surface area contributed by atoms with Crippen LogP contribution in [-0.4, -0.2) is 4.57 Å². The van der Waals surface area contributed by atoms with E-state index >= 15 is 0 Å². The minimum absolute atomic E-state index is 0.846. The van der Waals surface area contributed by atoms with Crippen LogP contribution in [0.1, 0.15) is 0 Å². The van der Waals surface area contributed by atoms with Gasteiger partial charge in [-0.1, -0.05) is 188 Å². The van der Waals surface area contributed by atoms with Crippen molar-refractivity contribution in [2.45, 2.75) is 0 Å². The molecule has 0 atom stereocenters. The second kappa shape index (κ2) is 20.1. The Labute approximate surface area is 484 Å². The fourth-order valence-corrected chi connectivity index (χ4v) is 13.7. The molecule has 3 aromatic heterocycles. The number of anilines is 6. The van der Waals surface area contributed by atoms with Crippen molar-refractivity contribution in [2.75, 3.05) is 9.80 Å². The standard InChI is InChI=1S/C78H51N3OS/c1-6-21-52(22-7-1)54-37-41-62(42-38-54)79(59-26-10-3-11-27-59)64-46-58(47-65(50-64)80(60-28-12-4-13-29-60)63-32-20-25-55(45-63)53-23-8-2-9-24-53)56-40-44-73-70(48-56)67-43-39-57(49-74(67)82-73)69-51-71-66-33-16-18-35-72(66)81(61-30-14-5-15-31-61)77(71)76-68-34-17-19-36-75(68)83-78(69)76/h1-51H. The van der Waals surface area contributed by atoms with Gasteiger partial charge in [0.1, 0.15) is 11.2 Å². The zero-order valence-corrected chi connectivity index (χ0v) is 45.9. The molecule has 3 heterocycles. The van der Waals surface area contributed by atoms with Gasteiger partial charge in [-0.25, -0.2) is 0 Å². The first kappa shape index (κ1) is 48.2. The molecule has 390 valence electrons. The molecule has 0 fully saturated rings. The molecule has 0 saturated heterocycles. The van der Waals surface area contributed by atoms with Crippen molar-refractivity contribution in [1.29, 1.82) is 0 Å². The van der Waals surface area contributed by atoms with Crippen molar-refractivity contribution in [2.24, 2.45) is 0 Å². The lowest BCUT2D eigenvalue weighted by Gasteiger charge is -2.30. The highest BCUT2D eigenvalue weighted by Gasteiger charge is 2.24. The largest absolute Gasteiger partial charge is 0.456 e. The van der Waals surface area contributed by atoms with E-state index in [1.807, 2.05) is 11.3 Å². The van der Waals surface area contributed by atoms with Crippen LogP contribution in [0.15, 0.2) is 314 Å². The fourth-order valence-electron chi connectivity index (χ4n) is 12.5. The van der Waals surface area contributed by atoms with Gasteiger partial charge in [-0.3, -0.25) is 0 Å². The minimum atomic E-state index is 0.846. The van der Waals surface area contributed by atoms with Gasteiger partial charge in [0.15, 0.2) is 0 Å². The topological polar surface area (TPSA) is 24.6 Å². The third-order valence-electron chi connectivity index (χ3n) is 16.3. The molecule has 0 saturated carbocycles. The number of furan rings is 1. The Hall–Kier alpha value is -10.7. The summed E-state index contributed by atoms with van der Waals surface area (Å²) in [6.07, 6.45) is 0. The Morgan fingerprint density at radius 3 is 1.52 bits per heavy atom. The van der Waals surface area contributed by atoms with E-state index < -0.39 is 0 Å². The Morgan fingerprint density at radius 2 is 0.807 bits per heavy atom. The van der Waals surface area contributed by atoms with Gasteiger partial charge in [0.2, 0.25) is 0 Å². The molecule has 0 unspecified atom stereocenters. The summed E-state index contributed by atoms with van der Waals surface area (Å²) in [5.41, 5.74) is 20.7. The monoisotopic (exact) mass is 1080 g/mol. The molecule has 5 heteroatoms. The van der Waals surface area contributed by atoms with Gasteiger partial charge >= 0.3 is 0 Å². The maximum atomic E-state index is 6.92. The number of rotatable bonds is 11. The van der Waals surface area contributed by atoms with Gasteiger partial charge in [0.05, 0.1) is 11.0 Å². The van der Waals surface area contributed by atoms with Gasteiger partial charge in [-0.05, 0) is 160 Å². The summed E-state index contributed by atoms with van der Waals surface area (Å²) < 4.78 is 11.9. The smallest absolute Gasteiger partial charge is 0.136 e. The number of hydrogen-bond acceptors (Lipinski definition) is 4. The summed E-state index contributed by atoms with van der Waals surface area (Å²) in [7, 11) is 0. The zero-order chi connectivity index (χ0) is 54.8. The molecule has 0 radical (unpaired) electrons. The third kappa shape index (κ3) is 8.44. The lowest BCUT2D eigenvalue weighted by atomic mass is 9.97. The van der Waals surface area contributed by atoms with Crippen LogP contribution in [-0.2, 0) is 0 Å². The number of hydrogen-bond donors (Lipinski definition) is 0. The van der Waals surface area contributed by atoms with E-state index in [-0.39, 0.29) is 0 Å². The van der Waals surface area contributed by atoms with Crippen LogP contribution in [0.2, 0.25) is 0 Å². The second-order valence-corrected chi connectivity index (χ2v) is 22.3. The van der Waals surface area contributed by atoms with Gasteiger partial charge < -0.3 is 18.8 Å². The van der Waals surface area contributed by atoms with Crippen LogP contribution in [0.5, 0.6) is 0 Å². The minimum Gasteiger partial charge on any atom is -0.456 e. The molecule has 0 aliphatic heterocycles. The second-order valence-electron chi connectivity index (χ2n) is 21.2. The predicted molar refractivity (Wildman–Crippen MR) is 352 cm³/mol. The lowest BCUT2D eigenvalue weighted by Crippen LogP contribution is -2.13. The summed E-state index contributed by atoms with van der Waals surface area (Å²) in [6.45, 7) is 0. The highest BCUT2D eigenvalue weighted by atomic mass is 32.1. The van der Waals surface area contributed by atoms with Crippen molar-refractivity contribution >= 4 is 109 Å². The molecule has 0 aliphatic rings. The summed E-state index contributed by atoms with van der Waals surface area (Å²) >= 11 is 1.87. The van der Waals surface area contributed by atoms with E-state index in [4.69, 9.17) is 4.42 Å². The Morgan fingerprint density at radius 1 is 0.289 bits per heavy atom. The molecule has 0 N–H and O–H groups in total. The van der Waals surface area contributed by atoms with E-state index in [0.717, 1.165) is 84.0 Å². The fraction of sp³-hybridized carbons (Fsp3) is 0. The first-order valence-corrected chi connectivity index (χ1v) is 29.0. The van der Waals surface area contributed by atoms with E-state index in [1.165, 1.54) is 64.2 Å². The molecule has 0 amide bonds. The molecular formula is C78H51N3OS. The molecule has 83 heavy (non-hydrogen) atoms. The van der Waals surface area contributed by atoms with Crippen LogP contribution in [0, 0.1) is 0 Å². The first-order valence-electron chi connectivity index (χ1n) is 28.2. The van der Waals surface area contributed by atoms with Gasteiger partial charge in [-0.15, -0.1) is 11.3 Å². The van der Waals surface area contributed by atoms with Crippen LogP contribution >= 0.6 is 11.3 Å². The lowest BCUT2D eigenvalue weighted by molar-refractivity contribution is 0.669. The molecule has 0 spiro atoms. The number of benzene rings is 13. The van der Waals surface area contributed by atoms with Gasteiger partial charge in [0.25, 0.3) is 0 Å². The maximum Gasteiger partial charge on any atom is 0.136 e. The molecular weight excluding hydrogens is 1030 g/mol. The number of nitrogens with zero attached hydrogens (tertiary/aromatic N) is 3. The highest BCUT2D eigenvalue weighted by molar-refractivity contribution is 7.26. The van der Waals surface area contributed by atoms with Gasteiger partial charge in [0, 0.05) is 87.1 Å². The molecule has 0 bridgehead atoms. The average Bonchev–Trinajstić information content (AvgIpc) is 2.32. The molecule has 13 aromatic carbocycles. The number of aromatic nitrogens is 1. The van der Waals surface area contributed by atoms with E-state index in [2.05, 4.69) is 324 Å². The van der Waals surface area contributed by atoms with Crippen molar-refractivity contribution in [1.82, 2.24) is 4.57 Å². The zero-order valence-electron chi connectivity index (χ0n) is 45.1. The van der Waals surface area contributed by atoms with Crippen molar-refractivity contribution < 1.29 is 4.42 Å². The number of fused-ring (bicyclic) bond motifs is 10. The SMILES string of the molecule is c1ccc(-c2ccc(N(c3ccccc3)c3cc(-c4ccc5oc6cc(-c7cc8c9ccccc9n(-c9ccccc9)c8c8c7sc7ccccc78)ccc6c5c4)cc(N(c4ccccc4)c4cccc(-c5ccccc5)c4)c3)cc2)cc1. The van der Waals surface area contributed by atoms with Crippen molar-refractivity contribution in [3.63, 3.8) is 0 Å². The summed E-state index contributed by atoms with van der Waals surface area (Å²) in [6, 6.07) is 112. The van der Waals surface area contributed by atoms with Gasteiger partial charge in [-0.2, -0.15) is 0 Å². The maximum absolute atomic E-state index is 6.92. The summed E-state index contributed by atoms with van der Waals surface area (Å²) in [5.74, 6) is 0. The summed E-state index contributed by atoms with van der Waals surface area (Å²) in [5, 5.41) is 7.15. The Bertz CT molecular complexity index is 5070. The molecule has 16 rings (SSSR count). The van der Waals surface area contributed by atoms with Crippen molar-refractivity contribution in [3.8, 4) is 50.2 Å². The normalized spacial score (nSPS) is 11.6. The van der Waals surface area contributed by atoms with Crippen LogP contribution in [0.4, 0.5) is 34.1 Å². The van der Waals surface area contributed by atoms with Crippen molar-refractivity contribution in [3.05, 3.63) is 309 Å². The van der Waals surface area contributed by atoms with Crippen LogP contribution < -0.4 is 9.80 Å². The number of thiophene rings is 1. The van der Waals surface area contributed by atoms with Crippen LogP contribution in [0.3, 0.4) is 0 Å². The van der Waals surface area contributed by atoms with E-state index in [9.17, 15) is 0 Å². The predicted octanol–water partition coefficient (Wildman–Crippen LogP) is 22.7. The number of para-hydroxylation sites is 4. The Kier molecular flexibility index (Phi) is 11.7. The third-order valence-corrected chi connectivity index (χ3v) is 17.5. The summed E-state index contributed by atoms with van der Waals surface area (Å²) in [4.78, 5) is 4.77. The highest BCUT2D eigenvalue weighted by Crippen LogP contribution is 2.49. The Balaban J connectivity index is 0.878.